The number of carbonyl (C=O) groups excluding carboxylic acids is 2. The lowest BCUT2D eigenvalue weighted by atomic mass is 10.1. The zero-order chi connectivity index (χ0) is 23.3. The van der Waals surface area contributed by atoms with E-state index in [2.05, 4.69) is 15.5 Å². The molecule has 1 heterocycles. The van der Waals surface area contributed by atoms with Crippen molar-refractivity contribution in [2.24, 2.45) is 0 Å². The van der Waals surface area contributed by atoms with Gasteiger partial charge < -0.3 is 15.3 Å². The number of amides is 3. The van der Waals surface area contributed by atoms with Gasteiger partial charge in [-0.3, -0.25) is 19.8 Å². The summed E-state index contributed by atoms with van der Waals surface area (Å²) in [7, 11) is 0. The number of hydrogen-bond donors (Lipinski definition) is 3. The molecule has 0 atom stereocenters. The van der Waals surface area contributed by atoms with Gasteiger partial charge in [0.1, 0.15) is 0 Å². The number of benzene rings is 2. The Balaban J connectivity index is 1.54. The van der Waals surface area contributed by atoms with Crippen molar-refractivity contribution in [3.63, 3.8) is 0 Å². The minimum absolute atomic E-state index is 0.0626. The van der Waals surface area contributed by atoms with Crippen LogP contribution in [0.5, 0.6) is 0 Å². The molecule has 0 aliphatic carbocycles. The zero-order valence-electron chi connectivity index (χ0n) is 18.7. The fourth-order valence-corrected chi connectivity index (χ4v) is 3.59. The Morgan fingerprint density at radius 3 is 2.19 bits per heavy atom. The Morgan fingerprint density at radius 1 is 0.938 bits per heavy atom. The molecule has 3 rings (SSSR count). The van der Waals surface area contributed by atoms with Crippen LogP contribution in [0.25, 0.3) is 0 Å². The maximum absolute atomic E-state index is 12.8. The van der Waals surface area contributed by atoms with Gasteiger partial charge in [-0.2, -0.15) is 0 Å². The molecule has 2 aromatic carbocycles. The van der Waals surface area contributed by atoms with Crippen molar-refractivity contribution in [3.8, 4) is 0 Å². The standard InChI is InChI=1S/C24H30N4O4/c1-24(2,3)26-21(29)19-6-4-5-17(15-19)16-27-11-13-28(14-12-27)22(30)18-7-9-20(10-8-18)25-23(31)32/h4-10,15,25H,11-14,16H2,1-3H3,(H,26,29)(H,31,32). The van der Waals surface area contributed by atoms with Crippen molar-refractivity contribution in [2.45, 2.75) is 32.9 Å². The molecule has 0 aromatic heterocycles. The average Bonchev–Trinajstić information content (AvgIpc) is 2.73. The van der Waals surface area contributed by atoms with E-state index in [1.807, 2.05) is 49.9 Å². The number of carboxylic acid groups (broad SMARTS) is 1. The first kappa shape index (κ1) is 23.3. The van der Waals surface area contributed by atoms with Gasteiger partial charge in [-0.1, -0.05) is 12.1 Å². The first-order valence-electron chi connectivity index (χ1n) is 10.6. The lowest BCUT2D eigenvalue weighted by molar-refractivity contribution is 0.0628. The van der Waals surface area contributed by atoms with Crippen molar-refractivity contribution >= 4 is 23.6 Å². The van der Waals surface area contributed by atoms with Crippen molar-refractivity contribution in [3.05, 3.63) is 65.2 Å². The monoisotopic (exact) mass is 438 g/mol. The van der Waals surface area contributed by atoms with Gasteiger partial charge in [0.05, 0.1) is 0 Å². The predicted octanol–water partition coefficient (Wildman–Crippen LogP) is 3.26. The van der Waals surface area contributed by atoms with E-state index < -0.39 is 6.09 Å². The summed E-state index contributed by atoms with van der Waals surface area (Å²) in [5.74, 6) is -0.147. The Bertz CT molecular complexity index is 974. The molecule has 1 aliphatic heterocycles. The second kappa shape index (κ2) is 9.82. The van der Waals surface area contributed by atoms with Crippen LogP contribution in [0.1, 0.15) is 47.1 Å². The van der Waals surface area contributed by atoms with Gasteiger partial charge in [0.25, 0.3) is 11.8 Å². The van der Waals surface area contributed by atoms with Crippen LogP contribution >= 0.6 is 0 Å². The number of hydrogen-bond acceptors (Lipinski definition) is 4. The largest absolute Gasteiger partial charge is 0.465 e. The van der Waals surface area contributed by atoms with Crippen LogP contribution in [0.4, 0.5) is 10.5 Å². The van der Waals surface area contributed by atoms with Gasteiger partial charge in [0.15, 0.2) is 0 Å². The van der Waals surface area contributed by atoms with E-state index in [1.54, 1.807) is 24.3 Å². The Labute approximate surface area is 188 Å². The number of anilines is 1. The van der Waals surface area contributed by atoms with E-state index in [0.717, 1.165) is 18.7 Å². The van der Waals surface area contributed by atoms with Crippen molar-refractivity contribution in [2.75, 3.05) is 31.5 Å². The summed E-state index contributed by atoms with van der Waals surface area (Å²) < 4.78 is 0. The van der Waals surface area contributed by atoms with E-state index in [-0.39, 0.29) is 17.4 Å². The van der Waals surface area contributed by atoms with Gasteiger partial charge in [0, 0.05) is 55.1 Å². The predicted molar refractivity (Wildman–Crippen MR) is 123 cm³/mol. The van der Waals surface area contributed by atoms with Crippen molar-refractivity contribution < 1.29 is 19.5 Å². The van der Waals surface area contributed by atoms with Crippen LogP contribution in [0, 0.1) is 0 Å². The molecule has 3 amide bonds. The molecule has 1 saturated heterocycles. The quantitative estimate of drug-likeness (QED) is 0.665. The van der Waals surface area contributed by atoms with E-state index in [1.165, 1.54) is 0 Å². The second-order valence-electron chi connectivity index (χ2n) is 8.98. The summed E-state index contributed by atoms with van der Waals surface area (Å²) in [6.45, 7) is 9.28. The number of rotatable bonds is 5. The fraction of sp³-hybridized carbons (Fsp3) is 0.375. The summed E-state index contributed by atoms with van der Waals surface area (Å²) in [6, 6.07) is 14.1. The Hall–Kier alpha value is -3.39. The summed E-state index contributed by atoms with van der Waals surface area (Å²) >= 11 is 0. The average molecular weight is 439 g/mol. The van der Waals surface area contributed by atoms with Gasteiger partial charge >= 0.3 is 6.09 Å². The minimum atomic E-state index is -1.14. The van der Waals surface area contributed by atoms with Gasteiger partial charge in [-0.25, -0.2) is 4.79 Å². The molecular weight excluding hydrogens is 408 g/mol. The van der Waals surface area contributed by atoms with E-state index in [0.29, 0.717) is 36.4 Å². The first-order valence-corrected chi connectivity index (χ1v) is 10.6. The summed E-state index contributed by atoms with van der Waals surface area (Å²) in [5.41, 5.74) is 2.38. The maximum atomic E-state index is 12.8. The molecule has 0 radical (unpaired) electrons. The Morgan fingerprint density at radius 2 is 1.59 bits per heavy atom. The molecule has 8 heteroatoms. The lowest BCUT2D eigenvalue weighted by Gasteiger charge is -2.35. The highest BCUT2D eigenvalue weighted by atomic mass is 16.4. The number of nitrogens with one attached hydrogen (secondary N) is 2. The molecule has 8 nitrogen and oxygen atoms in total. The Kier molecular flexibility index (Phi) is 7.15. The van der Waals surface area contributed by atoms with E-state index in [4.69, 9.17) is 5.11 Å². The van der Waals surface area contributed by atoms with Crippen molar-refractivity contribution in [1.82, 2.24) is 15.1 Å². The van der Waals surface area contributed by atoms with Crippen LogP contribution in [-0.4, -0.2) is 64.5 Å². The molecule has 0 saturated carbocycles. The SMILES string of the molecule is CC(C)(C)NC(=O)c1cccc(CN2CCN(C(=O)c3ccc(NC(=O)O)cc3)CC2)c1. The van der Waals surface area contributed by atoms with Crippen LogP contribution in [0.2, 0.25) is 0 Å². The molecule has 3 N–H and O–H groups in total. The summed E-state index contributed by atoms with van der Waals surface area (Å²) in [6.07, 6.45) is -1.14. The lowest BCUT2D eigenvalue weighted by Crippen LogP contribution is -2.48. The fourth-order valence-electron chi connectivity index (χ4n) is 3.59. The van der Waals surface area contributed by atoms with Crippen LogP contribution in [0.3, 0.4) is 0 Å². The molecule has 0 unspecified atom stereocenters. The molecule has 1 aliphatic rings. The highest BCUT2D eigenvalue weighted by molar-refractivity contribution is 5.95. The molecule has 1 fully saturated rings. The van der Waals surface area contributed by atoms with E-state index >= 15 is 0 Å². The van der Waals surface area contributed by atoms with Gasteiger partial charge in [-0.15, -0.1) is 0 Å². The molecule has 2 aromatic rings. The zero-order valence-corrected chi connectivity index (χ0v) is 18.7. The molecule has 32 heavy (non-hydrogen) atoms. The number of nitrogens with zero attached hydrogens (tertiary/aromatic N) is 2. The van der Waals surface area contributed by atoms with Gasteiger partial charge in [0.2, 0.25) is 0 Å². The van der Waals surface area contributed by atoms with Crippen molar-refractivity contribution in [1.29, 1.82) is 0 Å². The third kappa shape index (κ3) is 6.55. The molecular formula is C24H30N4O4. The highest BCUT2D eigenvalue weighted by Crippen LogP contribution is 2.15. The normalized spacial score (nSPS) is 14.7. The van der Waals surface area contributed by atoms with Crippen LogP contribution in [0.15, 0.2) is 48.5 Å². The third-order valence-electron chi connectivity index (χ3n) is 5.13. The molecule has 170 valence electrons. The number of carbonyl (C=O) groups is 3. The third-order valence-corrected chi connectivity index (χ3v) is 5.13. The number of piperazine rings is 1. The summed E-state index contributed by atoms with van der Waals surface area (Å²) in [5, 5.41) is 14.0. The van der Waals surface area contributed by atoms with Crippen LogP contribution in [-0.2, 0) is 6.54 Å². The maximum Gasteiger partial charge on any atom is 0.409 e. The van der Waals surface area contributed by atoms with E-state index in [9.17, 15) is 14.4 Å². The van der Waals surface area contributed by atoms with Gasteiger partial charge in [-0.05, 0) is 62.7 Å². The minimum Gasteiger partial charge on any atom is -0.465 e. The molecule has 0 spiro atoms. The molecule has 0 bridgehead atoms. The topological polar surface area (TPSA) is 102 Å². The smallest absolute Gasteiger partial charge is 0.409 e. The van der Waals surface area contributed by atoms with Crippen LogP contribution < -0.4 is 10.6 Å². The first-order chi connectivity index (χ1) is 15.1. The second-order valence-corrected chi connectivity index (χ2v) is 8.98. The highest BCUT2D eigenvalue weighted by Gasteiger charge is 2.22. The summed E-state index contributed by atoms with van der Waals surface area (Å²) in [4.78, 5) is 40.0.